The molecule has 0 aliphatic carbocycles. The molecule has 0 aliphatic rings. The molecule has 0 saturated heterocycles. The molecule has 20 heavy (non-hydrogen) atoms. The van der Waals surface area contributed by atoms with Gasteiger partial charge in [-0.1, -0.05) is 6.92 Å². The van der Waals surface area contributed by atoms with Crippen LogP contribution in [0.25, 0.3) is 0 Å². The van der Waals surface area contributed by atoms with Crippen LogP contribution in [0.4, 0.5) is 11.5 Å². The summed E-state index contributed by atoms with van der Waals surface area (Å²) >= 11 is 0. The Labute approximate surface area is 117 Å². The number of amides is 1. The second-order valence-electron chi connectivity index (χ2n) is 4.30. The number of aryl methyl sites for hydroxylation is 2. The van der Waals surface area contributed by atoms with Crippen molar-refractivity contribution in [3.63, 3.8) is 0 Å². The molecule has 0 aromatic carbocycles. The molecule has 0 radical (unpaired) electrons. The number of anilines is 1. The Kier molecular flexibility index (Phi) is 5.48. The maximum absolute atomic E-state index is 11.9. The molecular weight excluding hydrogens is 262 g/mol. The summed E-state index contributed by atoms with van der Waals surface area (Å²) in [5.74, 6) is 0.177. The van der Waals surface area contributed by atoms with E-state index in [1.165, 1.54) is 4.68 Å². The molecule has 0 saturated carbocycles. The van der Waals surface area contributed by atoms with Crippen LogP contribution < -0.4 is 5.32 Å². The van der Waals surface area contributed by atoms with E-state index in [2.05, 4.69) is 10.4 Å². The molecule has 0 spiro atoms. The number of carbonyl (C=O) groups is 1. The molecule has 1 amide bonds. The second kappa shape index (κ2) is 6.88. The average molecular weight is 283 g/mol. The molecule has 0 atom stereocenters. The zero-order chi connectivity index (χ0) is 15.3. The van der Waals surface area contributed by atoms with E-state index in [4.69, 9.17) is 0 Å². The van der Waals surface area contributed by atoms with E-state index in [1.807, 2.05) is 13.8 Å². The van der Waals surface area contributed by atoms with Crippen molar-refractivity contribution in [2.45, 2.75) is 27.2 Å². The van der Waals surface area contributed by atoms with E-state index in [0.717, 1.165) is 0 Å². The monoisotopic (exact) mass is 283 g/mol. The molecule has 1 aromatic heterocycles. The Bertz CT molecular complexity index is 494. The fourth-order valence-electron chi connectivity index (χ4n) is 2.04. The summed E-state index contributed by atoms with van der Waals surface area (Å²) in [6.45, 7) is 6.84. The lowest BCUT2D eigenvalue weighted by Gasteiger charge is -2.18. The lowest BCUT2D eigenvalue weighted by Crippen LogP contribution is -2.35. The maximum Gasteiger partial charge on any atom is 0.333 e. The van der Waals surface area contributed by atoms with Gasteiger partial charge < -0.3 is 10.2 Å². The molecule has 0 unspecified atom stereocenters. The third kappa shape index (κ3) is 3.25. The van der Waals surface area contributed by atoms with Crippen molar-refractivity contribution in [2.24, 2.45) is 7.05 Å². The topological polar surface area (TPSA) is 93.3 Å². The van der Waals surface area contributed by atoms with Crippen molar-refractivity contribution in [1.82, 2.24) is 14.7 Å². The molecule has 8 heteroatoms. The minimum absolute atomic E-state index is 0.0191. The SMILES string of the molecule is CCc1nn(C)c(NCC(=O)N(CC)CC)c1[N+](=O)[O-]. The molecule has 1 N–H and O–H groups in total. The van der Waals surface area contributed by atoms with Gasteiger partial charge in [0, 0.05) is 20.1 Å². The Morgan fingerprint density at radius 1 is 1.40 bits per heavy atom. The number of likely N-dealkylation sites (N-methyl/N-ethyl adjacent to an activating group) is 1. The van der Waals surface area contributed by atoms with Gasteiger partial charge in [0.25, 0.3) is 0 Å². The second-order valence-corrected chi connectivity index (χ2v) is 4.30. The molecule has 0 aliphatic heterocycles. The van der Waals surface area contributed by atoms with Gasteiger partial charge in [-0.25, -0.2) is 4.68 Å². The third-order valence-corrected chi connectivity index (χ3v) is 3.13. The van der Waals surface area contributed by atoms with Crippen LogP contribution in [0, 0.1) is 10.1 Å². The Balaban J connectivity index is 2.90. The molecule has 0 fully saturated rings. The Morgan fingerprint density at radius 2 is 2.00 bits per heavy atom. The lowest BCUT2D eigenvalue weighted by molar-refractivity contribution is -0.384. The van der Waals surface area contributed by atoms with E-state index < -0.39 is 4.92 Å². The van der Waals surface area contributed by atoms with Crippen LogP contribution in [0.5, 0.6) is 0 Å². The first kappa shape index (κ1) is 15.9. The van der Waals surface area contributed by atoms with Crippen molar-refractivity contribution >= 4 is 17.4 Å². The molecule has 1 aromatic rings. The van der Waals surface area contributed by atoms with E-state index in [-0.39, 0.29) is 24.0 Å². The summed E-state index contributed by atoms with van der Waals surface area (Å²) in [6, 6.07) is 0. The number of carbonyl (C=O) groups excluding carboxylic acids is 1. The van der Waals surface area contributed by atoms with Crippen LogP contribution in [0.15, 0.2) is 0 Å². The van der Waals surface area contributed by atoms with Crippen LogP contribution in [0.2, 0.25) is 0 Å². The highest BCUT2D eigenvalue weighted by Crippen LogP contribution is 2.28. The number of nitrogens with one attached hydrogen (secondary N) is 1. The lowest BCUT2D eigenvalue weighted by atomic mass is 10.3. The molecular formula is C12H21N5O3. The standard InChI is InChI=1S/C12H21N5O3/c1-5-9-11(17(19)20)12(15(4)14-9)13-8-10(18)16(6-2)7-3/h13H,5-8H2,1-4H3. The van der Waals surface area contributed by atoms with E-state index >= 15 is 0 Å². The van der Waals surface area contributed by atoms with Gasteiger partial charge in [0.1, 0.15) is 5.69 Å². The number of nitrogens with zero attached hydrogens (tertiary/aromatic N) is 4. The van der Waals surface area contributed by atoms with Gasteiger partial charge in [0.15, 0.2) is 0 Å². The summed E-state index contributed by atoms with van der Waals surface area (Å²) in [7, 11) is 1.62. The Hall–Kier alpha value is -2.12. The van der Waals surface area contributed by atoms with Gasteiger partial charge in [-0.05, 0) is 20.3 Å². The van der Waals surface area contributed by atoms with Crippen molar-refractivity contribution in [2.75, 3.05) is 25.0 Å². The van der Waals surface area contributed by atoms with Crippen LogP contribution in [0.3, 0.4) is 0 Å². The van der Waals surface area contributed by atoms with Gasteiger partial charge in [0.2, 0.25) is 11.7 Å². The van der Waals surface area contributed by atoms with Crippen molar-refractivity contribution in [3.05, 3.63) is 15.8 Å². The third-order valence-electron chi connectivity index (χ3n) is 3.13. The summed E-state index contributed by atoms with van der Waals surface area (Å²) in [5, 5.41) is 18.1. The normalized spacial score (nSPS) is 10.4. The van der Waals surface area contributed by atoms with Gasteiger partial charge in [-0.2, -0.15) is 5.10 Å². The molecule has 112 valence electrons. The Morgan fingerprint density at radius 3 is 2.45 bits per heavy atom. The fourth-order valence-corrected chi connectivity index (χ4v) is 2.04. The minimum atomic E-state index is -0.462. The number of hydrogen-bond acceptors (Lipinski definition) is 5. The number of aromatic nitrogens is 2. The predicted molar refractivity (Wildman–Crippen MR) is 75.7 cm³/mol. The molecule has 0 bridgehead atoms. The van der Waals surface area contributed by atoms with Gasteiger partial charge in [-0.3, -0.25) is 14.9 Å². The van der Waals surface area contributed by atoms with Gasteiger partial charge >= 0.3 is 5.69 Å². The first-order chi connectivity index (χ1) is 9.46. The van der Waals surface area contributed by atoms with Gasteiger partial charge in [0.05, 0.1) is 11.5 Å². The van der Waals surface area contributed by atoms with Crippen LogP contribution in [-0.2, 0) is 18.3 Å². The fraction of sp³-hybridized carbons (Fsp3) is 0.667. The van der Waals surface area contributed by atoms with E-state index in [0.29, 0.717) is 25.2 Å². The van der Waals surface area contributed by atoms with Crippen molar-refractivity contribution < 1.29 is 9.72 Å². The quantitative estimate of drug-likeness (QED) is 0.599. The summed E-state index contributed by atoms with van der Waals surface area (Å²) < 4.78 is 1.41. The first-order valence-electron chi connectivity index (χ1n) is 6.68. The number of hydrogen-bond donors (Lipinski definition) is 1. The van der Waals surface area contributed by atoms with E-state index in [9.17, 15) is 14.9 Å². The van der Waals surface area contributed by atoms with Crippen molar-refractivity contribution in [3.8, 4) is 0 Å². The highest BCUT2D eigenvalue weighted by atomic mass is 16.6. The molecule has 8 nitrogen and oxygen atoms in total. The zero-order valence-electron chi connectivity index (χ0n) is 12.3. The first-order valence-corrected chi connectivity index (χ1v) is 6.68. The van der Waals surface area contributed by atoms with E-state index in [1.54, 1.807) is 18.9 Å². The largest absolute Gasteiger partial charge is 0.355 e. The number of nitro groups is 1. The van der Waals surface area contributed by atoms with Gasteiger partial charge in [-0.15, -0.1) is 0 Å². The van der Waals surface area contributed by atoms with Crippen LogP contribution >= 0.6 is 0 Å². The van der Waals surface area contributed by atoms with Crippen LogP contribution in [-0.4, -0.2) is 45.1 Å². The average Bonchev–Trinajstić information content (AvgIpc) is 2.74. The smallest absolute Gasteiger partial charge is 0.333 e. The van der Waals surface area contributed by atoms with Crippen LogP contribution in [0.1, 0.15) is 26.5 Å². The summed E-state index contributed by atoms with van der Waals surface area (Å²) in [6.07, 6.45) is 0.468. The maximum atomic E-state index is 11.9. The molecule has 1 heterocycles. The molecule has 1 rings (SSSR count). The highest BCUT2D eigenvalue weighted by Gasteiger charge is 2.26. The van der Waals surface area contributed by atoms with Crippen molar-refractivity contribution in [1.29, 1.82) is 0 Å². The zero-order valence-corrected chi connectivity index (χ0v) is 12.3. The minimum Gasteiger partial charge on any atom is -0.355 e. The summed E-state index contributed by atoms with van der Waals surface area (Å²) in [4.78, 5) is 24.2. The predicted octanol–water partition coefficient (Wildman–Crippen LogP) is 1.17. The summed E-state index contributed by atoms with van der Waals surface area (Å²) in [5.41, 5.74) is 0.359. The highest BCUT2D eigenvalue weighted by molar-refractivity contribution is 5.81. The number of rotatable bonds is 7.